The quantitative estimate of drug-likeness (QED) is 0.0714. The molecule has 5 heterocycles. The minimum Gasteiger partial charge on any atom is -0.387 e. The van der Waals surface area contributed by atoms with Gasteiger partial charge in [-0.3, -0.25) is 28.7 Å². The third-order valence-corrected chi connectivity index (χ3v) is 12.4. The Morgan fingerprint density at radius 3 is 2.52 bits per heavy atom. The van der Waals surface area contributed by atoms with E-state index in [9.17, 15) is 29.1 Å². The third-order valence-electron chi connectivity index (χ3n) is 10.4. The van der Waals surface area contributed by atoms with Crippen LogP contribution in [0.2, 0.25) is 10.0 Å². The van der Waals surface area contributed by atoms with Gasteiger partial charge in [-0.25, -0.2) is 0 Å². The number of nitrogens with zero attached hydrogens (tertiary/aromatic N) is 6. The number of H-pyrrole nitrogens is 1. The molecule has 2 aliphatic heterocycles. The van der Waals surface area contributed by atoms with Gasteiger partial charge in [-0.1, -0.05) is 29.3 Å². The number of ether oxygens (including phenoxy) is 2. The highest BCUT2D eigenvalue weighted by Crippen LogP contribution is 2.42. The number of fused-ring (bicyclic) bond motifs is 3. The molecule has 0 aliphatic carbocycles. The maximum atomic E-state index is 12.8. The molecule has 0 spiro atoms. The van der Waals surface area contributed by atoms with Crippen molar-refractivity contribution in [2.45, 2.75) is 38.8 Å². The van der Waals surface area contributed by atoms with Crippen molar-refractivity contribution in [1.82, 2.24) is 40.1 Å². The van der Waals surface area contributed by atoms with Crippen LogP contribution >= 0.6 is 34.5 Å². The molecular weight excluding hydrogens is 861 g/mol. The van der Waals surface area contributed by atoms with Crippen molar-refractivity contribution in [3.8, 4) is 11.3 Å². The Morgan fingerprint density at radius 1 is 0.968 bits per heavy atom. The molecule has 5 amide bonds. The number of carbonyl (C=O) groups is 5. The highest BCUT2D eigenvalue weighted by atomic mass is 35.5. The van der Waals surface area contributed by atoms with Crippen LogP contribution in [0.25, 0.3) is 22.2 Å². The molecule has 4 N–H and O–H groups in total. The second-order valence-corrected chi connectivity index (χ2v) is 17.1. The number of piperazine rings is 1. The average molecular weight is 915 g/mol. The number of aromatic nitrogens is 3. The summed E-state index contributed by atoms with van der Waals surface area (Å²) >= 11 is 14.6. The highest BCUT2D eigenvalue weighted by molar-refractivity contribution is 7.16. The number of rotatable bonds is 21. The molecule has 1 aromatic carbocycles. The molecule has 3 aromatic heterocycles. The van der Waals surface area contributed by atoms with Gasteiger partial charge >= 0.3 is 0 Å². The normalized spacial score (nSPS) is 14.4. The van der Waals surface area contributed by atoms with E-state index in [0.29, 0.717) is 113 Å². The van der Waals surface area contributed by atoms with Gasteiger partial charge in [0.15, 0.2) is 0 Å². The lowest BCUT2D eigenvalue weighted by molar-refractivity contribution is -0.135. The van der Waals surface area contributed by atoms with E-state index in [0.717, 1.165) is 32.1 Å². The molecular formula is C42H53Cl2N9O8S. The number of hydrogen-bond donors (Lipinski definition) is 4. The number of aliphatic hydroxyl groups is 1. The van der Waals surface area contributed by atoms with Gasteiger partial charge in [-0.05, 0) is 44.8 Å². The first-order valence-electron chi connectivity index (χ1n) is 20.5. The predicted molar refractivity (Wildman–Crippen MR) is 237 cm³/mol. The minimum absolute atomic E-state index is 0.0365. The Morgan fingerprint density at radius 2 is 1.74 bits per heavy atom. The van der Waals surface area contributed by atoms with Crippen LogP contribution in [0.5, 0.6) is 0 Å². The molecule has 6 rings (SSSR count). The highest BCUT2D eigenvalue weighted by Gasteiger charge is 2.29. The number of amides is 5. The van der Waals surface area contributed by atoms with Crippen LogP contribution in [-0.4, -0.2) is 157 Å². The lowest BCUT2D eigenvalue weighted by atomic mass is 9.99. The molecule has 1 fully saturated rings. The number of benzene rings is 1. The van der Waals surface area contributed by atoms with Crippen molar-refractivity contribution < 1.29 is 38.6 Å². The molecule has 1 saturated heterocycles. The van der Waals surface area contributed by atoms with Crippen LogP contribution in [0.1, 0.15) is 29.0 Å². The van der Waals surface area contributed by atoms with E-state index >= 15 is 0 Å². The minimum atomic E-state index is -0.554. The van der Waals surface area contributed by atoms with Crippen molar-refractivity contribution in [3.63, 3.8) is 0 Å². The molecule has 0 saturated carbocycles. The van der Waals surface area contributed by atoms with Gasteiger partial charge in [0.25, 0.3) is 0 Å². The fourth-order valence-electron chi connectivity index (χ4n) is 7.17. The van der Waals surface area contributed by atoms with E-state index < -0.39 is 6.61 Å². The number of aliphatic hydroxyl groups excluding tert-OH is 1. The summed E-state index contributed by atoms with van der Waals surface area (Å²) in [6, 6.07) is 7.45. The second kappa shape index (κ2) is 22.5. The first-order valence-corrected chi connectivity index (χ1v) is 22.1. The molecule has 0 atom stereocenters. The van der Waals surface area contributed by atoms with E-state index in [-0.39, 0.29) is 49.1 Å². The number of nitrogens with one attached hydrogen (secondary N) is 3. The fourth-order valence-corrected chi connectivity index (χ4v) is 8.61. The number of likely N-dealkylation sites (N-methyl/N-ethyl adjacent to an activating group) is 1. The van der Waals surface area contributed by atoms with Crippen LogP contribution in [-0.2, 0) is 59.4 Å². The number of hydrogen-bond acceptors (Lipinski definition) is 11. The van der Waals surface area contributed by atoms with Gasteiger partial charge in [0.05, 0.1) is 59.2 Å². The maximum absolute atomic E-state index is 12.8. The average Bonchev–Trinajstić information content (AvgIpc) is 4.02. The summed E-state index contributed by atoms with van der Waals surface area (Å²) in [5.74, 6) is -0.884. The van der Waals surface area contributed by atoms with Gasteiger partial charge < -0.3 is 49.8 Å². The molecule has 17 nitrogen and oxygen atoms in total. The smallest absolute Gasteiger partial charge is 0.248 e. The summed E-state index contributed by atoms with van der Waals surface area (Å²) in [5.41, 5.74) is 3.99. The van der Waals surface area contributed by atoms with Crippen LogP contribution in [0, 0.1) is 0 Å². The van der Waals surface area contributed by atoms with Gasteiger partial charge in [-0.2, -0.15) is 5.10 Å². The number of thiophene rings is 1. The first kappa shape index (κ1) is 46.7. The van der Waals surface area contributed by atoms with Gasteiger partial charge in [0.2, 0.25) is 29.5 Å². The Balaban J connectivity index is 0.808. The van der Waals surface area contributed by atoms with Crippen molar-refractivity contribution in [2.75, 3.05) is 97.8 Å². The summed E-state index contributed by atoms with van der Waals surface area (Å²) < 4.78 is 12.8. The summed E-state index contributed by atoms with van der Waals surface area (Å²) in [6.07, 6.45) is 6.75. The summed E-state index contributed by atoms with van der Waals surface area (Å²) in [4.78, 5) is 73.6. The van der Waals surface area contributed by atoms with Crippen LogP contribution < -0.4 is 15.5 Å². The zero-order valence-corrected chi connectivity index (χ0v) is 37.3. The largest absolute Gasteiger partial charge is 0.387 e. The number of carbonyl (C=O) groups excluding carboxylic acids is 5. The summed E-state index contributed by atoms with van der Waals surface area (Å²) in [5, 5.41) is 22.3. The molecule has 0 unspecified atom stereocenters. The zero-order valence-electron chi connectivity index (χ0n) is 34.9. The summed E-state index contributed by atoms with van der Waals surface area (Å²) in [7, 11) is 3.84. The number of anilines is 1. The third kappa shape index (κ3) is 12.4. The number of aromatic amines is 1. The van der Waals surface area contributed by atoms with E-state index in [1.54, 1.807) is 31.5 Å². The van der Waals surface area contributed by atoms with Crippen molar-refractivity contribution in [3.05, 3.63) is 68.8 Å². The maximum Gasteiger partial charge on any atom is 0.248 e. The molecule has 62 heavy (non-hydrogen) atoms. The van der Waals surface area contributed by atoms with Crippen molar-refractivity contribution >= 4 is 80.0 Å². The molecule has 0 radical (unpaired) electrons. The van der Waals surface area contributed by atoms with Gasteiger partial charge in [-0.15, -0.1) is 11.3 Å². The lowest BCUT2D eigenvalue weighted by Gasteiger charge is -2.33. The standard InChI is InChI=1S/C42H53Cl2N9O8S/c1-49(2)14-3-4-36(57)51-18-19-53(37(58)26-51)39-8-6-28(62-39)5-7-34(55)46-13-21-61-23-22-60-20-11-35(56)45-12-17-52-16-10-33(48-52)29-24-31(43)41(44)42-40(29)30-25-50(38(59)27-54)15-9-32(30)47-42/h3-4,6,8,10,16,24,47,54H,5,7,9,11-15,17-23,25-27H2,1-2H3,(H,45,56)(H,46,55)/b4-3+. The SMILES string of the molecule is CN(C)C/C=C/C(=O)N1CCN(c2ccc(CCC(=O)NCCOCCOCCC(=O)NCCn3ccc(-c4cc(Cl)c(Cl)c5[nH]c6c(c45)CN(C(=O)CO)CC6)n3)s2)C(=O)C1. The second-order valence-electron chi connectivity index (χ2n) is 15.1. The fraction of sp³-hybridized carbons (Fsp3) is 0.476. The van der Waals surface area contributed by atoms with E-state index in [4.69, 9.17) is 37.8 Å². The molecule has 334 valence electrons. The number of aryl methyl sites for hydroxylation is 1. The Hall–Kier alpha value is -4.82. The van der Waals surface area contributed by atoms with E-state index in [1.807, 2.05) is 43.4 Å². The monoisotopic (exact) mass is 913 g/mol. The van der Waals surface area contributed by atoms with E-state index in [2.05, 4.69) is 15.6 Å². The lowest BCUT2D eigenvalue weighted by Crippen LogP contribution is -2.51. The Bertz CT molecular complexity index is 2260. The molecule has 0 bridgehead atoms. The Labute approximate surface area is 373 Å². The van der Waals surface area contributed by atoms with Gasteiger partial charge in [0, 0.05) is 104 Å². The topological polar surface area (TPSA) is 195 Å². The first-order chi connectivity index (χ1) is 29.9. The predicted octanol–water partition coefficient (Wildman–Crippen LogP) is 2.86. The van der Waals surface area contributed by atoms with Crippen LogP contribution in [0.15, 0.2) is 42.6 Å². The molecule has 2 aliphatic rings. The van der Waals surface area contributed by atoms with Crippen molar-refractivity contribution in [1.29, 1.82) is 0 Å². The zero-order chi connectivity index (χ0) is 44.2. The van der Waals surface area contributed by atoms with Crippen LogP contribution in [0.3, 0.4) is 0 Å². The van der Waals surface area contributed by atoms with E-state index in [1.165, 1.54) is 17.4 Å². The van der Waals surface area contributed by atoms with Crippen molar-refractivity contribution in [2.24, 2.45) is 0 Å². The Kier molecular flexibility index (Phi) is 16.9. The number of halogens is 2. The molecule has 4 aromatic rings. The van der Waals surface area contributed by atoms with Gasteiger partial charge in [0.1, 0.15) is 13.2 Å². The van der Waals surface area contributed by atoms with Crippen LogP contribution in [0.4, 0.5) is 5.00 Å². The molecule has 20 heteroatoms. The summed E-state index contributed by atoms with van der Waals surface area (Å²) in [6.45, 7) is 4.16.